The van der Waals surface area contributed by atoms with E-state index in [9.17, 15) is 14.4 Å². The van der Waals surface area contributed by atoms with Gasteiger partial charge in [0.25, 0.3) is 5.91 Å². The summed E-state index contributed by atoms with van der Waals surface area (Å²) in [5.74, 6) is -2.62. The first-order valence-electron chi connectivity index (χ1n) is 6.16. The molecule has 0 aliphatic carbocycles. The molecule has 0 saturated carbocycles. The Morgan fingerprint density at radius 3 is 2.30 bits per heavy atom. The number of carboxylic acid groups (broad SMARTS) is 1. The summed E-state index contributed by atoms with van der Waals surface area (Å²) in [5, 5.41) is 11.0. The van der Waals surface area contributed by atoms with E-state index in [4.69, 9.17) is 5.11 Å². The minimum Gasteiger partial charge on any atom is -0.479 e. The number of hydrogen-bond acceptors (Lipinski definition) is 4. The Morgan fingerprint density at radius 2 is 1.80 bits per heavy atom. The van der Waals surface area contributed by atoms with Gasteiger partial charge in [0.05, 0.1) is 0 Å². The van der Waals surface area contributed by atoms with Crippen LogP contribution in [-0.2, 0) is 14.3 Å². The van der Waals surface area contributed by atoms with E-state index in [2.05, 4.69) is 10.1 Å². The number of hydrogen-bond donors (Lipinski definition) is 2. The Hall–Kier alpha value is -2.37. The fraction of sp³-hybridized carbons (Fsp3) is 0.357. The van der Waals surface area contributed by atoms with Gasteiger partial charge in [-0.25, -0.2) is 9.59 Å². The summed E-state index contributed by atoms with van der Waals surface area (Å²) < 4.78 is 4.61. The van der Waals surface area contributed by atoms with Gasteiger partial charge in [-0.3, -0.25) is 4.79 Å². The van der Waals surface area contributed by atoms with Crippen molar-refractivity contribution in [1.82, 2.24) is 5.32 Å². The first-order valence-corrected chi connectivity index (χ1v) is 6.16. The number of aliphatic carboxylic acids is 1. The molecule has 0 saturated heterocycles. The van der Waals surface area contributed by atoms with Crippen LogP contribution in [-0.4, -0.2) is 35.6 Å². The molecular weight excluding hydrogens is 262 g/mol. The number of ether oxygens (including phenoxy) is 1. The van der Waals surface area contributed by atoms with Crippen molar-refractivity contribution in [2.75, 3.05) is 6.61 Å². The molecule has 0 unspecified atom stereocenters. The lowest BCUT2D eigenvalue weighted by Crippen LogP contribution is -2.45. The summed E-state index contributed by atoms with van der Waals surface area (Å²) in [5.41, 5.74) is 0.421. The molecule has 0 spiro atoms. The Kier molecular flexibility index (Phi) is 5.71. The number of carboxylic acids is 1. The molecule has 0 heterocycles. The van der Waals surface area contributed by atoms with Crippen LogP contribution < -0.4 is 5.32 Å². The molecule has 6 heteroatoms. The van der Waals surface area contributed by atoms with Gasteiger partial charge in [-0.05, 0) is 18.1 Å². The molecular formula is C14H17NO5. The number of esters is 1. The van der Waals surface area contributed by atoms with Crippen LogP contribution in [0.4, 0.5) is 0 Å². The van der Waals surface area contributed by atoms with Gasteiger partial charge in [-0.15, -0.1) is 0 Å². The van der Waals surface area contributed by atoms with Gasteiger partial charge in [0, 0.05) is 5.56 Å². The standard InChI is InChI=1S/C14H17NO5/c1-9(2)12(14(19)20-8-11(16)17)15-13(18)10-6-4-3-5-7-10/h3-7,9,12H,8H2,1-2H3,(H,15,18)(H,16,17)/t12-/m0/s1. The van der Waals surface area contributed by atoms with Gasteiger partial charge in [0.2, 0.25) is 0 Å². The summed E-state index contributed by atoms with van der Waals surface area (Å²) in [7, 11) is 0. The average Bonchev–Trinajstić information content (AvgIpc) is 2.42. The summed E-state index contributed by atoms with van der Waals surface area (Å²) in [6.45, 7) is 2.75. The summed E-state index contributed by atoms with van der Waals surface area (Å²) in [4.78, 5) is 34.1. The molecule has 0 aliphatic rings. The molecule has 0 aromatic heterocycles. The van der Waals surface area contributed by atoms with E-state index < -0.39 is 30.5 Å². The number of amides is 1. The van der Waals surface area contributed by atoms with Gasteiger partial charge >= 0.3 is 11.9 Å². The molecule has 0 bridgehead atoms. The van der Waals surface area contributed by atoms with Crippen LogP contribution in [0.25, 0.3) is 0 Å². The van der Waals surface area contributed by atoms with Crippen molar-refractivity contribution >= 4 is 17.8 Å². The highest BCUT2D eigenvalue weighted by molar-refractivity contribution is 5.96. The highest BCUT2D eigenvalue weighted by atomic mass is 16.6. The van der Waals surface area contributed by atoms with Gasteiger partial charge in [0.15, 0.2) is 6.61 Å². The zero-order valence-electron chi connectivity index (χ0n) is 11.3. The molecule has 20 heavy (non-hydrogen) atoms. The van der Waals surface area contributed by atoms with E-state index in [1.165, 1.54) is 0 Å². The van der Waals surface area contributed by atoms with Crippen molar-refractivity contribution in [2.24, 2.45) is 5.92 Å². The third-order valence-corrected chi connectivity index (χ3v) is 2.58. The molecule has 6 nitrogen and oxygen atoms in total. The maximum Gasteiger partial charge on any atom is 0.341 e. The van der Waals surface area contributed by atoms with E-state index >= 15 is 0 Å². The molecule has 1 amide bonds. The average molecular weight is 279 g/mol. The molecule has 1 atom stereocenters. The van der Waals surface area contributed by atoms with Crippen LogP contribution in [0.1, 0.15) is 24.2 Å². The number of carbonyl (C=O) groups excluding carboxylic acids is 2. The molecule has 2 N–H and O–H groups in total. The second-order valence-electron chi connectivity index (χ2n) is 4.56. The minimum atomic E-state index is -1.24. The first-order chi connectivity index (χ1) is 9.41. The number of nitrogens with one attached hydrogen (secondary N) is 1. The van der Waals surface area contributed by atoms with E-state index in [0.29, 0.717) is 5.56 Å². The largest absolute Gasteiger partial charge is 0.479 e. The van der Waals surface area contributed by atoms with Crippen molar-refractivity contribution in [3.05, 3.63) is 35.9 Å². The number of carbonyl (C=O) groups is 3. The van der Waals surface area contributed by atoms with E-state index in [-0.39, 0.29) is 5.92 Å². The van der Waals surface area contributed by atoms with Gasteiger partial charge in [0.1, 0.15) is 6.04 Å². The van der Waals surface area contributed by atoms with E-state index in [1.807, 2.05) is 0 Å². The van der Waals surface area contributed by atoms with Crippen LogP contribution in [0.15, 0.2) is 30.3 Å². The predicted octanol–water partition coefficient (Wildman–Crippen LogP) is 1.07. The van der Waals surface area contributed by atoms with Crippen molar-refractivity contribution < 1.29 is 24.2 Å². The molecule has 1 aromatic rings. The number of rotatable bonds is 6. The number of benzene rings is 1. The van der Waals surface area contributed by atoms with Gasteiger partial charge in [-0.2, -0.15) is 0 Å². The van der Waals surface area contributed by atoms with Crippen LogP contribution in [0.2, 0.25) is 0 Å². The Labute approximate surface area is 116 Å². The van der Waals surface area contributed by atoms with Crippen LogP contribution in [0, 0.1) is 5.92 Å². The molecule has 1 rings (SSSR count). The zero-order valence-corrected chi connectivity index (χ0v) is 11.3. The smallest absolute Gasteiger partial charge is 0.341 e. The maximum atomic E-state index is 12.0. The molecule has 108 valence electrons. The van der Waals surface area contributed by atoms with Crippen LogP contribution in [0.5, 0.6) is 0 Å². The summed E-state index contributed by atoms with van der Waals surface area (Å²) >= 11 is 0. The van der Waals surface area contributed by atoms with Gasteiger partial charge in [-0.1, -0.05) is 32.0 Å². The second-order valence-corrected chi connectivity index (χ2v) is 4.56. The van der Waals surface area contributed by atoms with Crippen LogP contribution in [0.3, 0.4) is 0 Å². The lowest BCUT2D eigenvalue weighted by atomic mass is 10.0. The molecule has 0 radical (unpaired) electrons. The predicted molar refractivity (Wildman–Crippen MR) is 71.1 cm³/mol. The lowest BCUT2D eigenvalue weighted by Gasteiger charge is -2.20. The SMILES string of the molecule is CC(C)[C@H](NC(=O)c1ccccc1)C(=O)OCC(=O)O. The van der Waals surface area contributed by atoms with Gasteiger partial charge < -0.3 is 15.2 Å². The highest BCUT2D eigenvalue weighted by Crippen LogP contribution is 2.06. The second kappa shape index (κ2) is 7.28. The quantitative estimate of drug-likeness (QED) is 0.760. The van der Waals surface area contributed by atoms with Crippen molar-refractivity contribution in [3.8, 4) is 0 Å². The fourth-order valence-corrected chi connectivity index (χ4v) is 1.53. The summed E-state index contributed by atoms with van der Waals surface area (Å²) in [6, 6.07) is 7.55. The fourth-order valence-electron chi connectivity index (χ4n) is 1.53. The molecule has 0 fully saturated rings. The maximum absolute atomic E-state index is 12.0. The molecule has 1 aromatic carbocycles. The van der Waals surface area contributed by atoms with E-state index in [0.717, 1.165) is 0 Å². The third-order valence-electron chi connectivity index (χ3n) is 2.58. The van der Waals surface area contributed by atoms with Crippen molar-refractivity contribution in [3.63, 3.8) is 0 Å². The summed E-state index contributed by atoms with van der Waals surface area (Å²) in [6.07, 6.45) is 0. The van der Waals surface area contributed by atoms with Crippen molar-refractivity contribution in [2.45, 2.75) is 19.9 Å². The Balaban J connectivity index is 2.70. The topological polar surface area (TPSA) is 92.7 Å². The Bertz CT molecular complexity index is 484. The Morgan fingerprint density at radius 1 is 1.20 bits per heavy atom. The normalized spacial score (nSPS) is 11.8. The molecule has 0 aliphatic heterocycles. The highest BCUT2D eigenvalue weighted by Gasteiger charge is 2.26. The van der Waals surface area contributed by atoms with E-state index in [1.54, 1.807) is 44.2 Å². The van der Waals surface area contributed by atoms with Crippen LogP contribution >= 0.6 is 0 Å². The lowest BCUT2D eigenvalue weighted by molar-refractivity contribution is -0.157. The third kappa shape index (κ3) is 4.72. The monoisotopic (exact) mass is 279 g/mol. The first kappa shape index (κ1) is 15.7. The van der Waals surface area contributed by atoms with Crippen molar-refractivity contribution in [1.29, 1.82) is 0 Å². The zero-order chi connectivity index (χ0) is 15.1. The minimum absolute atomic E-state index is 0.219.